The van der Waals surface area contributed by atoms with Crippen LogP contribution in [0.5, 0.6) is 0 Å². The maximum Gasteiger partial charge on any atom is 0.158 e. The van der Waals surface area contributed by atoms with Crippen molar-refractivity contribution in [1.82, 2.24) is 10.2 Å². The second-order valence-corrected chi connectivity index (χ2v) is 3.80. The minimum Gasteiger partial charge on any atom is -0.347 e. The van der Waals surface area contributed by atoms with Gasteiger partial charge in [-0.2, -0.15) is 5.10 Å². The van der Waals surface area contributed by atoms with Gasteiger partial charge >= 0.3 is 0 Å². The number of nitrogens with zero attached hydrogens (tertiary/aromatic N) is 2. The Balaban J connectivity index is 2.07. The van der Waals surface area contributed by atoms with Gasteiger partial charge in [-0.1, -0.05) is 12.1 Å². The Kier molecular flexibility index (Phi) is 1.74. The number of aromatic nitrogens is 2. The molecule has 0 saturated carbocycles. The van der Waals surface area contributed by atoms with Crippen molar-refractivity contribution in [3.63, 3.8) is 0 Å². The lowest BCUT2D eigenvalue weighted by Gasteiger charge is -2.12. The smallest absolute Gasteiger partial charge is 0.158 e. The summed E-state index contributed by atoms with van der Waals surface area (Å²) in [6.07, 6.45) is 0.640. The third kappa shape index (κ3) is 1.29. The van der Waals surface area contributed by atoms with E-state index in [4.69, 9.17) is 0 Å². The molecule has 0 bridgehead atoms. The van der Waals surface area contributed by atoms with Gasteiger partial charge in [-0.15, -0.1) is 0 Å². The van der Waals surface area contributed by atoms with Crippen LogP contribution in [0, 0.1) is 0 Å². The van der Waals surface area contributed by atoms with Crippen molar-refractivity contribution in [2.75, 3.05) is 18.0 Å². The molecule has 0 spiro atoms. The molecule has 1 fully saturated rings. The van der Waals surface area contributed by atoms with Crippen LogP contribution in [0.4, 0.5) is 5.82 Å². The molecule has 1 aromatic heterocycles. The number of hydrogen-bond donors (Lipinski definition) is 1. The lowest BCUT2D eigenvalue weighted by Crippen LogP contribution is -2.20. The first kappa shape index (κ1) is 8.47. The maximum absolute atomic E-state index is 11.2. The summed E-state index contributed by atoms with van der Waals surface area (Å²) in [5, 5.41) is 8.33. The highest BCUT2D eigenvalue weighted by Gasteiger charge is 2.22. The number of fused-ring (bicyclic) bond motifs is 1. The van der Waals surface area contributed by atoms with Crippen molar-refractivity contribution in [1.29, 1.82) is 0 Å². The highest BCUT2D eigenvalue weighted by atomic mass is 16.1. The average Bonchev–Trinajstić information content (AvgIpc) is 2.83. The van der Waals surface area contributed by atoms with E-state index in [1.165, 1.54) is 0 Å². The zero-order valence-corrected chi connectivity index (χ0v) is 8.23. The zero-order chi connectivity index (χ0) is 10.3. The summed E-state index contributed by atoms with van der Waals surface area (Å²) in [5.41, 5.74) is 1.02. The van der Waals surface area contributed by atoms with Crippen molar-refractivity contribution >= 4 is 22.5 Å². The summed E-state index contributed by atoms with van der Waals surface area (Å²) in [5.74, 6) is 1.19. The largest absolute Gasteiger partial charge is 0.347 e. The Bertz CT molecular complexity index is 517. The molecular weight excluding hydrogens is 190 g/mol. The summed E-state index contributed by atoms with van der Waals surface area (Å²) >= 11 is 0. The van der Waals surface area contributed by atoms with Gasteiger partial charge < -0.3 is 4.90 Å². The minimum absolute atomic E-state index is 0.294. The summed E-state index contributed by atoms with van der Waals surface area (Å²) in [6, 6.07) is 7.97. The van der Waals surface area contributed by atoms with Gasteiger partial charge in [-0.3, -0.25) is 9.89 Å². The number of anilines is 1. The first-order valence-corrected chi connectivity index (χ1v) is 5.04. The van der Waals surface area contributed by atoms with E-state index in [0.29, 0.717) is 18.7 Å². The third-order valence-corrected chi connectivity index (χ3v) is 2.78. The third-order valence-electron chi connectivity index (χ3n) is 2.78. The molecule has 1 N–H and O–H groups in total. The van der Waals surface area contributed by atoms with Gasteiger partial charge in [0.1, 0.15) is 0 Å². The van der Waals surface area contributed by atoms with E-state index >= 15 is 0 Å². The van der Waals surface area contributed by atoms with E-state index in [1.54, 1.807) is 0 Å². The monoisotopic (exact) mass is 201 g/mol. The number of ketones is 1. The van der Waals surface area contributed by atoms with Crippen LogP contribution in [-0.2, 0) is 4.79 Å². The van der Waals surface area contributed by atoms with Gasteiger partial charge in [0.15, 0.2) is 11.6 Å². The molecule has 2 heterocycles. The number of aromatic amines is 1. The molecule has 0 unspecified atom stereocenters. The first-order valence-electron chi connectivity index (χ1n) is 5.04. The molecule has 0 aliphatic carbocycles. The lowest BCUT2D eigenvalue weighted by molar-refractivity contribution is -0.116. The molecule has 4 nitrogen and oxygen atoms in total. The Labute approximate surface area is 86.9 Å². The zero-order valence-electron chi connectivity index (χ0n) is 8.23. The Morgan fingerprint density at radius 2 is 2.20 bits per heavy atom. The van der Waals surface area contributed by atoms with E-state index in [1.807, 2.05) is 29.2 Å². The molecule has 1 saturated heterocycles. The van der Waals surface area contributed by atoms with Gasteiger partial charge in [0.25, 0.3) is 0 Å². The van der Waals surface area contributed by atoms with Gasteiger partial charge in [-0.25, -0.2) is 0 Å². The molecule has 1 aliphatic heterocycles. The van der Waals surface area contributed by atoms with E-state index in [9.17, 15) is 4.79 Å². The molecule has 0 radical (unpaired) electrons. The van der Waals surface area contributed by atoms with Crippen LogP contribution in [0.1, 0.15) is 6.42 Å². The van der Waals surface area contributed by atoms with Crippen molar-refractivity contribution in [2.24, 2.45) is 0 Å². The molecule has 2 aromatic rings. The Morgan fingerprint density at radius 1 is 1.33 bits per heavy atom. The van der Waals surface area contributed by atoms with Crippen LogP contribution in [0.2, 0.25) is 0 Å². The maximum atomic E-state index is 11.2. The fraction of sp³-hybridized carbons (Fsp3) is 0.273. The summed E-state index contributed by atoms with van der Waals surface area (Å²) in [6.45, 7) is 1.28. The standard InChI is InChI=1S/C11H11N3O/c15-8-5-6-14(7-8)11-9-3-1-2-4-10(9)12-13-11/h1-4H,5-7H2,(H,12,13). The van der Waals surface area contributed by atoms with Crippen LogP contribution in [0.15, 0.2) is 24.3 Å². The van der Waals surface area contributed by atoms with Crippen LogP contribution in [-0.4, -0.2) is 29.1 Å². The molecule has 0 atom stereocenters. The number of benzene rings is 1. The molecule has 0 amide bonds. The summed E-state index contributed by atoms with van der Waals surface area (Å²) in [7, 11) is 0. The quantitative estimate of drug-likeness (QED) is 0.757. The molecule has 15 heavy (non-hydrogen) atoms. The second-order valence-electron chi connectivity index (χ2n) is 3.80. The number of carbonyl (C=O) groups is 1. The lowest BCUT2D eigenvalue weighted by atomic mass is 10.2. The van der Waals surface area contributed by atoms with Crippen LogP contribution < -0.4 is 4.90 Å². The van der Waals surface area contributed by atoms with Crippen molar-refractivity contribution in [3.8, 4) is 0 Å². The van der Waals surface area contributed by atoms with Crippen molar-refractivity contribution in [3.05, 3.63) is 24.3 Å². The molecule has 4 heteroatoms. The van der Waals surface area contributed by atoms with E-state index in [2.05, 4.69) is 10.2 Å². The van der Waals surface area contributed by atoms with Gasteiger partial charge in [0.05, 0.1) is 12.1 Å². The second kappa shape index (κ2) is 3.08. The van der Waals surface area contributed by atoms with E-state index in [-0.39, 0.29) is 0 Å². The highest BCUT2D eigenvalue weighted by Crippen LogP contribution is 2.25. The number of rotatable bonds is 1. The fourth-order valence-electron chi connectivity index (χ4n) is 2.00. The highest BCUT2D eigenvalue weighted by molar-refractivity contribution is 5.94. The molecule has 1 aliphatic rings. The number of Topliss-reactive ketones (excluding diaryl/α,β-unsaturated/α-hetero) is 1. The predicted octanol–water partition coefficient (Wildman–Crippen LogP) is 1.34. The normalized spacial score (nSPS) is 16.5. The Morgan fingerprint density at radius 3 is 3.00 bits per heavy atom. The molecule has 76 valence electrons. The Hall–Kier alpha value is -1.84. The van der Waals surface area contributed by atoms with Gasteiger partial charge in [0, 0.05) is 18.4 Å². The molecular formula is C11H11N3O. The van der Waals surface area contributed by atoms with Crippen LogP contribution in [0.25, 0.3) is 10.9 Å². The van der Waals surface area contributed by atoms with Crippen molar-refractivity contribution < 1.29 is 4.79 Å². The SMILES string of the molecule is O=C1CCN(c2n[nH]c3ccccc23)C1. The average molecular weight is 201 g/mol. The van der Waals surface area contributed by atoms with Gasteiger partial charge in [0.2, 0.25) is 0 Å². The van der Waals surface area contributed by atoms with E-state index in [0.717, 1.165) is 23.3 Å². The minimum atomic E-state index is 0.294. The molecule has 1 aromatic carbocycles. The first-order chi connectivity index (χ1) is 7.34. The molecule has 3 rings (SSSR count). The topological polar surface area (TPSA) is 49.0 Å². The van der Waals surface area contributed by atoms with E-state index < -0.39 is 0 Å². The van der Waals surface area contributed by atoms with Crippen LogP contribution in [0.3, 0.4) is 0 Å². The number of carbonyl (C=O) groups excluding carboxylic acids is 1. The van der Waals surface area contributed by atoms with Gasteiger partial charge in [-0.05, 0) is 12.1 Å². The summed E-state index contributed by atoms with van der Waals surface area (Å²) in [4.78, 5) is 13.2. The fourth-order valence-corrected chi connectivity index (χ4v) is 2.00. The number of H-pyrrole nitrogens is 1. The van der Waals surface area contributed by atoms with Crippen LogP contribution >= 0.6 is 0 Å². The summed E-state index contributed by atoms with van der Waals surface area (Å²) < 4.78 is 0. The predicted molar refractivity (Wildman–Crippen MR) is 57.9 cm³/mol. The van der Waals surface area contributed by atoms with Crippen molar-refractivity contribution in [2.45, 2.75) is 6.42 Å². The number of para-hydroxylation sites is 1. The number of nitrogens with one attached hydrogen (secondary N) is 1. The number of hydrogen-bond acceptors (Lipinski definition) is 3.